The van der Waals surface area contributed by atoms with Gasteiger partial charge in [-0.15, -0.1) is 0 Å². The van der Waals surface area contributed by atoms with Gasteiger partial charge in [-0.3, -0.25) is 24.0 Å². The molecule has 2 unspecified atom stereocenters. The maximum Gasteiger partial charge on any atom is 0.246 e. The van der Waals surface area contributed by atoms with Gasteiger partial charge >= 0.3 is 0 Å². The Morgan fingerprint density at radius 2 is 1.22 bits per heavy atom. The van der Waals surface area contributed by atoms with Crippen LogP contribution in [0.3, 0.4) is 0 Å². The summed E-state index contributed by atoms with van der Waals surface area (Å²) >= 11 is 0. The van der Waals surface area contributed by atoms with Crippen molar-refractivity contribution in [2.45, 2.75) is 52.6 Å². The molecule has 4 amide bonds. The standard InChI is InChI=1S/C31H51N5O9/c1-22(2)29(31(41)34-23(3)30(40)35-26-8-6-25(7-9-26)24(4)37)36-28(39)11-14-42-16-18-44-20-21-45-19-17-43-15-13-33-27(38)10-12-32-5/h6-9,22-23,29,32H,10-21H2,1-5H3,(H,33,38)(H,34,41)(H,35,40)(H,36,39). The second-order valence-corrected chi connectivity index (χ2v) is 10.5. The van der Waals surface area contributed by atoms with Crippen molar-refractivity contribution in [3.05, 3.63) is 29.8 Å². The van der Waals surface area contributed by atoms with Gasteiger partial charge in [0.15, 0.2) is 5.78 Å². The maximum atomic E-state index is 12.8. The first-order valence-electron chi connectivity index (χ1n) is 15.3. The number of hydrogen-bond acceptors (Lipinski definition) is 10. The Labute approximate surface area is 266 Å². The van der Waals surface area contributed by atoms with E-state index in [2.05, 4.69) is 26.6 Å². The molecule has 0 saturated heterocycles. The van der Waals surface area contributed by atoms with Crippen LogP contribution in [0.15, 0.2) is 24.3 Å². The third kappa shape index (κ3) is 18.9. The average molecular weight is 638 g/mol. The lowest BCUT2D eigenvalue weighted by molar-refractivity contribution is -0.132. The van der Waals surface area contributed by atoms with Crippen LogP contribution in [-0.4, -0.2) is 114 Å². The number of nitrogens with one attached hydrogen (secondary N) is 5. The van der Waals surface area contributed by atoms with Crippen LogP contribution in [0.25, 0.3) is 0 Å². The molecule has 254 valence electrons. The topological polar surface area (TPSA) is 182 Å². The lowest BCUT2D eigenvalue weighted by atomic mass is 10.0. The number of anilines is 1. The molecule has 0 aliphatic carbocycles. The van der Waals surface area contributed by atoms with Crippen LogP contribution >= 0.6 is 0 Å². The highest BCUT2D eigenvalue weighted by atomic mass is 16.6. The summed E-state index contributed by atoms with van der Waals surface area (Å²) in [6.45, 7) is 10.6. The quantitative estimate of drug-likeness (QED) is 0.0754. The molecule has 2 atom stereocenters. The Kier molecular flexibility index (Phi) is 21.0. The van der Waals surface area contributed by atoms with Crippen LogP contribution in [0.4, 0.5) is 5.69 Å². The first-order chi connectivity index (χ1) is 21.5. The molecule has 0 aromatic heterocycles. The van der Waals surface area contributed by atoms with Gasteiger partial charge < -0.3 is 45.5 Å². The summed E-state index contributed by atoms with van der Waals surface area (Å²) in [6, 6.07) is 4.76. The molecule has 0 spiro atoms. The number of amides is 4. The highest BCUT2D eigenvalue weighted by Crippen LogP contribution is 2.11. The molecule has 0 fully saturated rings. The third-order valence-corrected chi connectivity index (χ3v) is 6.34. The van der Waals surface area contributed by atoms with Crippen molar-refractivity contribution in [3.8, 4) is 0 Å². The molecular formula is C31H51N5O9. The normalized spacial score (nSPS) is 12.3. The predicted octanol–water partition coefficient (Wildman–Crippen LogP) is 0.655. The van der Waals surface area contributed by atoms with Gasteiger partial charge in [-0.1, -0.05) is 13.8 Å². The zero-order valence-corrected chi connectivity index (χ0v) is 27.2. The van der Waals surface area contributed by atoms with Gasteiger partial charge in [0.2, 0.25) is 23.6 Å². The molecule has 1 rings (SSSR count). The number of carbonyl (C=O) groups excluding carboxylic acids is 5. The summed E-state index contributed by atoms with van der Waals surface area (Å²) in [7, 11) is 1.80. The molecule has 0 bridgehead atoms. The van der Waals surface area contributed by atoms with E-state index in [1.807, 2.05) is 0 Å². The van der Waals surface area contributed by atoms with Crippen LogP contribution < -0.4 is 26.6 Å². The van der Waals surface area contributed by atoms with E-state index in [4.69, 9.17) is 18.9 Å². The molecule has 14 heteroatoms. The van der Waals surface area contributed by atoms with Crippen molar-refractivity contribution >= 4 is 35.1 Å². The van der Waals surface area contributed by atoms with Crippen molar-refractivity contribution in [3.63, 3.8) is 0 Å². The SMILES string of the molecule is CNCCC(=O)NCCOCCOCCOCCOCCC(=O)NC(C(=O)NC(C)C(=O)Nc1ccc(C(C)=O)cc1)C(C)C. The molecule has 0 aliphatic rings. The Morgan fingerprint density at radius 1 is 0.667 bits per heavy atom. The third-order valence-electron chi connectivity index (χ3n) is 6.34. The van der Waals surface area contributed by atoms with Crippen LogP contribution in [0.5, 0.6) is 0 Å². The van der Waals surface area contributed by atoms with Crippen LogP contribution in [0, 0.1) is 5.92 Å². The largest absolute Gasteiger partial charge is 0.379 e. The van der Waals surface area contributed by atoms with Gasteiger partial charge in [-0.25, -0.2) is 0 Å². The molecule has 1 aromatic rings. The second kappa shape index (κ2) is 23.9. The van der Waals surface area contributed by atoms with Gasteiger partial charge in [0.05, 0.1) is 52.9 Å². The number of carbonyl (C=O) groups is 5. The molecule has 0 aliphatic heterocycles. The lowest BCUT2D eigenvalue weighted by Crippen LogP contribution is -2.53. The van der Waals surface area contributed by atoms with E-state index < -0.39 is 23.9 Å². The highest BCUT2D eigenvalue weighted by Gasteiger charge is 2.27. The van der Waals surface area contributed by atoms with Gasteiger partial charge in [0.25, 0.3) is 0 Å². The number of rotatable bonds is 25. The number of ketones is 1. The molecule has 0 heterocycles. The monoisotopic (exact) mass is 637 g/mol. The van der Waals surface area contributed by atoms with Crippen molar-refractivity contribution in [2.75, 3.05) is 78.3 Å². The van der Waals surface area contributed by atoms with Gasteiger partial charge in [-0.05, 0) is 51.1 Å². The lowest BCUT2D eigenvalue weighted by Gasteiger charge is -2.24. The molecule has 0 radical (unpaired) electrons. The Morgan fingerprint density at radius 3 is 1.76 bits per heavy atom. The van der Waals surface area contributed by atoms with Crippen molar-refractivity contribution in [1.29, 1.82) is 0 Å². The van der Waals surface area contributed by atoms with E-state index in [1.54, 1.807) is 52.1 Å². The van der Waals surface area contributed by atoms with Crippen molar-refractivity contribution < 1.29 is 42.9 Å². The zero-order chi connectivity index (χ0) is 33.5. The van der Waals surface area contributed by atoms with Crippen molar-refractivity contribution in [1.82, 2.24) is 21.3 Å². The fraction of sp³-hybridized carbons (Fsp3) is 0.645. The summed E-state index contributed by atoms with van der Waals surface area (Å²) < 4.78 is 21.7. The Bertz CT molecular complexity index is 1040. The van der Waals surface area contributed by atoms with E-state index in [0.717, 1.165) is 0 Å². The summed E-state index contributed by atoms with van der Waals surface area (Å²) in [4.78, 5) is 60.7. The smallest absolute Gasteiger partial charge is 0.246 e. The van der Waals surface area contributed by atoms with Crippen LogP contribution in [0.1, 0.15) is 50.9 Å². The number of ether oxygens (including phenoxy) is 4. The minimum atomic E-state index is -0.857. The highest BCUT2D eigenvalue weighted by molar-refractivity contribution is 5.99. The van der Waals surface area contributed by atoms with E-state index in [0.29, 0.717) is 77.0 Å². The number of hydrogen-bond donors (Lipinski definition) is 5. The molecule has 45 heavy (non-hydrogen) atoms. The molecule has 14 nitrogen and oxygen atoms in total. The zero-order valence-electron chi connectivity index (χ0n) is 27.2. The Hall–Kier alpha value is -3.43. The van der Waals surface area contributed by atoms with Gasteiger partial charge in [-0.2, -0.15) is 0 Å². The first kappa shape index (κ1) is 39.6. The van der Waals surface area contributed by atoms with Crippen molar-refractivity contribution in [2.24, 2.45) is 5.92 Å². The molecule has 0 saturated carbocycles. The number of Topliss-reactive ketones (excluding diaryl/α,β-unsaturated/α-hetero) is 1. The van der Waals surface area contributed by atoms with Crippen LogP contribution in [0.2, 0.25) is 0 Å². The van der Waals surface area contributed by atoms with E-state index in [1.165, 1.54) is 6.92 Å². The average Bonchev–Trinajstić information content (AvgIpc) is 3.00. The summed E-state index contributed by atoms with van der Waals surface area (Å²) in [5, 5.41) is 13.7. The fourth-order valence-electron chi connectivity index (χ4n) is 3.70. The second-order valence-electron chi connectivity index (χ2n) is 10.5. The summed E-state index contributed by atoms with van der Waals surface area (Å²) in [5.41, 5.74) is 1.02. The predicted molar refractivity (Wildman–Crippen MR) is 169 cm³/mol. The molecular weight excluding hydrogens is 586 g/mol. The first-order valence-corrected chi connectivity index (χ1v) is 15.3. The summed E-state index contributed by atoms with van der Waals surface area (Å²) in [6.07, 6.45) is 0.497. The van der Waals surface area contributed by atoms with E-state index in [-0.39, 0.29) is 36.5 Å². The Balaban J connectivity index is 2.13. The van der Waals surface area contributed by atoms with Gasteiger partial charge in [0.1, 0.15) is 12.1 Å². The molecule has 5 N–H and O–H groups in total. The minimum Gasteiger partial charge on any atom is -0.379 e. The summed E-state index contributed by atoms with van der Waals surface area (Å²) in [5.74, 6) is -1.56. The maximum absolute atomic E-state index is 12.8. The van der Waals surface area contributed by atoms with E-state index >= 15 is 0 Å². The molecule has 1 aromatic carbocycles. The minimum absolute atomic E-state index is 0.0141. The van der Waals surface area contributed by atoms with Crippen LogP contribution in [-0.2, 0) is 38.1 Å². The fourth-order valence-corrected chi connectivity index (χ4v) is 3.70. The van der Waals surface area contributed by atoms with Gasteiger partial charge in [0, 0.05) is 37.2 Å². The number of benzene rings is 1. The van der Waals surface area contributed by atoms with E-state index in [9.17, 15) is 24.0 Å².